The van der Waals surface area contributed by atoms with Crippen molar-refractivity contribution in [2.24, 2.45) is 5.92 Å². The van der Waals surface area contributed by atoms with E-state index >= 15 is 0 Å². The van der Waals surface area contributed by atoms with Crippen molar-refractivity contribution >= 4 is 0 Å². The molecule has 0 saturated carbocycles. The maximum atomic E-state index is 8.28. The standard InChI is InChI=1S/C7H8N2/c1-6(4-8)3-7(2)5-9/h3,6H,1-2H3/b7-3-. The highest BCUT2D eigenvalue weighted by Gasteiger charge is 1.92. The van der Waals surface area contributed by atoms with Gasteiger partial charge in [0.1, 0.15) is 0 Å². The zero-order valence-corrected chi connectivity index (χ0v) is 5.55. The predicted octanol–water partition coefficient (Wildman–Crippen LogP) is 1.62. The van der Waals surface area contributed by atoms with Crippen molar-refractivity contribution in [3.8, 4) is 12.1 Å². The van der Waals surface area contributed by atoms with Crippen molar-refractivity contribution in [3.63, 3.8) is 0 Å². The Labute approximate surface area is 55.0 Å². The summed E-state index contributed by atoms with van der Waals surface area (Å²) in [5.41, 5.74) is 0.601. The lowest BCUT2D eigenvalue weighted by atomic mass is 10.1. The maximum Gasteiger partial charge on any atom is 0.0941 e. The molecule has 0 rings (SSSR count). The fourth-order valence-electron chi connectivity index (χ4n) is 0.450. The molecule has 0 amide bonds. The van der Waals surface area contributed by atoms with Gasteiger partial charge in [-0.1, -0.05) is 6.08 Å². The molecule has 1 atom stereocenters. The highest BCUT2D eigenvalue weighted by Crippen LogP contribution is 1.98. The van der Waals surface area contributed by atoms with E-state index in [0.717, 1.165) is 0 Å². The van der Waals surface area contributed by atoms with Gasteiger partial charge in [-0.15, -0.1) is 0 Å². The predicted molar refractivity (Wildman–Crippen MR) is 34.1 cm³/mol. The van der Waals surface area contributed by atoms with Crippen molar-refractivity contribution in [2.45, 2.75) is 13.8 Å². The van der Waals surface area contributed by atoms with E-state index in [1.165, 1.54) is 0 Å². The minimum absolute atomic E-state index is 0.148. The lowest BCUT2D eigenvalue weighted by Gasteiger charge is -1.88. The summed E-state index contributed by atoms with van der Waals surface area (Å²) in [6.07, 6.45) is 1.64. The average molecular weight is 120 g/mol. The molecule has 0 aliphatic rings. The SMILES string of the molecule is C/C(C#N)=C/C(C)C#N. The molecule has 2 heteroatoms. The average Bonchev–Trinajstić information content (AvgIpc) is 1.87. The third-order valence-electron chi connectivity index (χ3n) is 0.880. The highest BCUT2D eigenvalue weighted by atomic mass is 14.3. The van der Waals surface area contributed by atoms with Crippen LogP contribution in [0, 0.1) is 28.6 Å². The van der Waals surface area contributed by atoms with Crippen LogP contribution in [0.5, 0.6) is 0 Å². The quantitative estimate of drug-likeness (QED) is 0.493. The second-order valence-electron chi connectivity index (χ2n) is 1.88. The van der Waals surface area contributed by atoms with E-state index in [4.69, 9.17) is 10.5 Å². The Hall–Kier alpha value is -1.28. The summed E-state index contributed by atoms with van der Waals surface area (Å²) in [6, 6.07) is 3.94. The molecule has 0 spiro atoms. The first-order valence-electron chi connectivity index (χ1n) is 2.69. The van der Waals surface area contributed by atoms with Crippen LogP contribution < -0.4 is 0 Å². The van der Waals surface area contributed by atoms with Gasteiger partial charge in [-0.2, -0.15) is 10.5 Å². The van der Waals surface area contributed by atoms with Crippen LogP contribution in [0.3, 0.4) is 0 Å². The number of nitrogens with zero attached hydrogens (tertiary/aromatic N) is 2. The fraction of sp³-hybridized carbons (Fsp3) is 0.429. The molecular formula is C7H8N2. The smallest absolute Gasteiger partial charge is 0.0941 e. The van der Waals surface area contributed by atoms with Crippen LogP contribution >= 0.6 is 0 Å². The van der Waals surface area contributed by atoms with Crippen LogP contribution in [-0.4, -0.2) is 0 Å². The summed E-state index contributed by atoms with van der Waals surface area (Å²) >= 11 is 0. The van der Waals surface area contributed by atoms with Gasteiger partial charge in [-0.3, -0.25) is 0 Å². The van der Waals surface area contributed by atoms with Gasteiger partial charge in [0.2, 0.25) is 0 Å². The number of rotatable bonds is 1. The summed E-state index contributed by atoms with van der Waals surface area (Å²) < 4.78 is 0. The summed E-state index contributed by atoms with van der Waals surface area (Å²) in [4.78, 5) is 0. The molecule has 0 fully saturated rings. The molecule has 0 bridgehead atoms. The summed E-state index contributed by atoms with van der Waals surface area (Å²) in [7, 11) is 0. The minimum atomic E-state index is -0.148. The molecule has 0 saturated heterocycles. The number of hydrogen-bond acceptors (Lipinski definition) is 2. The van der Waals surface area contributed by atoms with Crippen LogP contribution in [0.2, 0.25) is 0 Å². The van der Waals surface area contributed by atoms with Crippen molar-refractivity contribution in [3.05, 3.63) is 11.6 Å². The van der Waals surface area contributed by atoms with E-state index in [2.05, 4.69) is 0 Å². The molecule has 0 heterocycles. The van der Waals surface area contributed by atoms with Crippen LogP contribution in [0.1, 0.15) is 13.8 Å². The van der Waals surface area contributed by atoms with E-state index in [9.17, 15) is 0 Å². The van der Waals surface area contributed by atoms with Crippen LogP contribution in [-0.2, 0) is 0 Å². The largest absolute Gasteiger partial charge is 0.198 e. The fourth-order valence-corrected chi connectivity index (χ4v) is 0.450. The Bertz CT molecular complexity index is 190. The van der Waals surface area contributed by atoms with Gasteiger partial charge in [0.15, 0.2) is 0 Å². The van der Waals surface area contributed by atoms with Crippen LogP contribution in [0.25, 0.3) is 0 Å². The molecule has 0 aromatic carbocycles. The van der Waals surface area contributed by atoms with Gasteiger partial charge in [0.25, 0.3) is 0 Å². The van der Waals surface area contributed by atoms with Gasteiger partial charge in [-0.05, 0) is 13.8 Å². The first-order valence-corrected chi connectivity index (χ1v) is 2.69. The summed E-state index contributed by atoms with van der Waals surface area (Å²) in [6.45, 7) is 3.44. The molecule has 0 radical (unpaired) electrons. The molecule has 2 nitrogen and oxygen atoms in total. The zero-order chi connectivity index (χ0) is 7.28. The Morgan fingerprint density at radius 1 is 1.56 bits per heavy atom. The van der Waals surface area contributed by atoms with Gasteiger partial charge in [-0.25, -0.2) is 0 Å². The zero-order valence-electron chi connectivity index (χ0n) is 5.55. The molecular weight excluding hydrogens is 112 g/mol. The Morgan fingerprint density at radius 3 is 2.44 bits per heavy atom. The molecule has 0 aliphatic heterocycles. The van der Waals surface area contributed by atoms with Crippen molar-refractivity contribution in [1.29, 1.82) is 10.5 Å². The molecule has 0 N–H and O–H groups in total. The number of nitriles is 2. The van der Waals surface area contributed by atoms with E-state index in [0.29, 0.717) is 5.57 Å². The number of hydrogen-bond donors (Lipinski definition) is 0. The molecule has 0 aromatic rings. The van der Waals surface area contributed by atoms with Crippen LogP contribution in [0.4, 0.5) is 0 Å². The molecule has 1 unspecified atom stereocenters. The third-order valence-corrected chi connectivity index (χ3v) is 0.880. The van der Waals surface area contributed by atoms with Gasteiger partial charge in [0.05, 0.1) is 18.1 Å². The summed E-state index contributed by atoms with van der Waals surface area (Å²) in [5.74, 6) is -0.148. The highest BCUT2D eigenvalue weighted by molar-refractivity contribution is 5.20. The molecule has 0 aromatic heterocycles. The van der Waals surface area contributed by atoms with E-state index < -0.39 is 0 Å². The van der Waals surface area contributed by atoms with Crippen LogP contribution in [0.15, 0.2) is 11.6 Å². The number of allylic oxidation sites excluding steroid dienone is 2. The van der Waals surface area contributed by atoms with Gasteiger partial charge >= 0.3 is 0 Å². The third kappa shape index (κ3) is 3.32. The van der Waals surface area contributed by atoms with Crippen molar-refractivity contribution < 1.29 is 0 Å². The second-order valence-corrected chi connectivity index (χ2v) is 1.88. The maximum absolute atomic E-state index is 8.28. The Morgan fingerprint density at radius 2 is 2.11 bits per heavy atom. The van der Waals surface area contributed by atoms with E-state index in [1.807, 2.05) is 12.1 Å². The Balaban J connectivity index is 4.03. The molecule has 46 valence electrons. The molecule has 9 heavy (non-hydrogen) atoms. The lowest BCUT2D eigenvalue weighted by molar-refractivity contribution is 0.947. The first-order chi connectivity index (χ1) is 4.20. The molecule has 0 aliphatic carbocycles. The second kappa shape index (κ2) is 3.69. The Kier molecular flexibility index (Phi) is 3.16. The minimum Gasteiger partial charge on any atom is -0.198 e. The first kappa shape index (κ1) is 7.72. The monoisotopic (exact) mass is 120 g/mol. The van der Waals surface area contributed by atoms with E-state index in [1.54, 1.807) is 19.9 Å². The van der Waals surface area contributed by atoms with Gasteiger partial charge in [0, 0.05) is 5.57 Å². The lowest BCUT2D eigenvalue weighted by Crippen LogP contribution is -1.83. The normalized spacial score (nSPS) is 13.6. The van der Waals surface area contributed by atoms with Crippen molar-refractivity contribution in [1.82, 2.24) is 0 Å². The van der Waals surface area contributed by atoms with Gasteiger partial charge < -0.3 is 0 Å². The topological polar surface area (TPSA) is 47.6 Å². The summed E-state index contributed by atoms with van der Waals surface area (Å²) in [5, 5.41) is 16.5. The van der Waals surface area contributed by atoms with Crippen molar-refractivity contribution in [2.75, 3.05) is 0 Å². The van der Waals surface area contributed by atoms with E-state index in [-0.39, 0.29) is 5.92 Å².